The third kappa shape index (κ3) is 7.44. The van der Waals surface area contributed by atoms with Gasteiger partial charge in [0, 0.05) is 89.2 Å². The molecule has 0 spiro atoms. The van der Waals surface area contributed by atoms with E-state index in [1.54, 1.807) is 50.7 Å². The van der Waals surface area contributed by atoms with Crippen molar-refractivity contribution in [1.29, 1.82) is 0 Å². The Hall–Kier alpha value is -4.04. The molecule has 0 bridgehead atoms. The van der Waals surface area contributed by atoms with Crippen molar-refractivity contribution in [1.82, 2.24) is 28.7 Å². The lowest BCUT2D eigenvalue weighted by atomic mass is 10.1. The first-order valence-electron chi connectivity index (χ1n) is 13.2. The lowest BCUT2D eigenvalue weighted by Gasteiger charge is -2.07. The second-order valence-electron chi connectivity index (χ2n) is 9.15. The summed E-state index contributed by atoms with van der Waals surface area (Å²) in [5, 5.41) is 6.07. The average Bonchev–Trinajstić information content (AvgIpc) is 3.69. The minimum Gasteiger partial charge on any atom is -0.496 e. The molecule has 45 heavy (non-hydrogen) atoms. The molecule has 0 aliphatic heterocycles. The van der Waals surface area contributed by atoms with Crippen molar-refractivity contribution in [3.05, 3.63) is 73.6 Å². The van der Waals surface area contributed by atoms with E-state index in [1.807, 2.05) is 78.2 Å². The first-order chi connectivity index (χ1) is 20.9. The topological polar surface area (TPSA) is 120 Å². The third-order valence-corrected chi connectivity index (χ3v) is 8.33. The van der Waals surface area contributed by atoms with E-state index < -0.39 is 10.8 Å². The van der Waals surface area contributed by atoms with Gasteiger partial charge in [0.05, 0.1) is 25.6 Å². The number of benzene rings is 2. The number of ether oxygens (including phenoxy) is 2. The van der Waals surface area contributed by atoms with E-state index in [0.717, 1.165) is 55.2 Å². The van der Waals surface area contributed by atoms with Gasteiger partial charge in [-0.25, -0.2) is 19.9 Å². The Morgan fingerprint density at radius 2 is 1.27 bits per heavy atom. The standard InChI is InChI=1S/C15H16N4O2S.C15H16N4OS.2ClH/c1-16-14-15-18-12(9-19(15)7-6-17-14)11-5-4-10(22(3)20)8-13(11)21-2;1-16-14-15-18-12(9-19(15)7-6-17-14)11-5-4-10(21-3)8-13(11)20-2;;/h4-9H,1-3H3,(H,16,17);4-9H,1-3H3,(H,16,17);2*1H. The van der Waals surface area contributed by atoms with Crippen molar-refractivity contribution in [2.24, 2.45) is 0 Å². The Bertz CT molecular complexity index is 1930. The number of rotatable bonds is 8. The van der Waals surface area contributed by atoms with E-state index in [-0.39, 0.29) is 24.8 Å². The van der Waals surface area contributed by atoms with Gasteiger partial charge in [-0.05, 0) is 42.7 Å². The van der Waals surface area contributed by atoms with Crippen LogP contribution < -0.4 is 20.1 Å². The molecule has 11 nitrogen and oxygen atoms in total. The first-order valence-corrected chi connectivity index (χ1v) is 16.0. The summed E-state index contributed by atoms with van der Waals surface area (Å²) in [6.45, 7) is 0. The van der Waals surface area contributed by atoms with Crippen LogP contribution in [0.1, 0.15) is 0 Å². The predicted octanol–water partition coefficient (Wildman–Crippen LogP) is 6.20. The number of imidazole rings is 2. The van der Waals surface area contributed by atoms with Crippen molar-refractivity contribution < 1.29 is 13.7 Å². The number of anilines is 2. The highest BCUT2D eigenvalue weighted by molar-refractivity contribution is 7.98. The molecule has 0 aliphatic carbocycles. The monoisotopic (exact) mass is 688 g/mol. The summed E-state index contributed by atoms with van der Waals surface area (Å²) < 4.78 is 26.4. The predicted molar refractivity (Wildman–Crippen MR) is 188 cm³/mol. The molecular weight excluding hydrogens is 655 g/mol. The smallest absolute Gasteiger partial charge is 0.180 e. The van der Waals surface area contributed by atoms with Gasteiger partial charge >= 0.3 is 0 Å². The molecule has 0 saturated carbocycles. The summed E-state index contributed by atoms with van der Waals surface area (Å²) in [5.41, 5.74) is 5.00. The van der Waals surface area contributed by atoms with Gasteiger partial charge in [-0.3, -0.25) is 4.21 Å². The fourth-order valence-corrected chi connectivity index (χ4v) is 5.49. The maximum Gasteiger partial charge on any atom is 0.180 e. The number of nitrogens with one attached hydrogen (secondary N) is 2. The molecule has 6 rings (SSSR count). The Morgan fingerprint density at radius 3 is 1.71 bits per heavy atom. The molecule has 0 aliphatic rings. The molecule has 4 heterocycles. The minimum absolute atomic E-state index is 0. The van der Waals surface area contributed by atoms with Crippen LogP contribution in [0, 0.1) is 0 Å². The molecule has 4 aromatic heterocycles. The van der Waals surface area contributed by atoms with Gasteiger partial charge < -0.3 is 28.9 Å². The van der Waals surface area contributed by atoms with E-state index in [0.29, 0.717) is 11.6 Å². The van der Waals surface area contributed by atoms with E-state index in [9.17, 15) is 4.21 Å². The molecular formula is C30H34Cl2N8O3S2. The molecule has 0 amide bonds. The molecule has 0 radical (unpaired) electrons. The van der Waals surface area contributed by atoms with Gasteiger partial charge in [-0.15, -0.1) is 36.6 Å². The molecule has 1 atom stereocenters. The van der Waals surface area contributed by atoms with Gasteiger partial charge in [0.15, 0.2) is 22.9 Å². The normalized spacial score (nSPS) is 11.1. The van der Waals surface area contributed by atoms with Crippen LogP contribution in [0.15, 0.2) is 83.4 Å². The molecule has 0 saturated heterocycles. The molecule has 2 N–H and O–H groups in total. The van der Waals surface area contributed by atoms with Crippen LogP contribution in [0.2, 0.25) is 0 Å². The fraction of sp³-hybridized carbons (Fsp3) is 0.200. The lowest BCUT2D eigenvalue weighted by molar-refractivity contribution is 0.415. The molecule has 0 fully saturated rings. The fourth-order valence-electron chi connectivity index (χ4n) is 4.52. The maximum absolute atomic E-state index is 11.6. The number of nitrogens with zero attached hydrogens (tertiary/aromatic N) is 6. The number of methoxy groups -OCH3 is 2. The van der Waals surface area contributed by atoms with E-state index in [1.165, 1.54) is 0 Å². The molecule has 6 aromatic rings. The van der Waals surface area contributed by atoms with Crippen molar-refractivity contribution in [3.8, 4) is 34.0 Å². The van der Waals surface area contributed by atoms with Crippen LogP contribution in [0.3, 0.4) is 0 Å². The highest BCUT2D eigenvalue weighted by Crippen LogP contribution is 2.34. The van der Waals surface area contributed by atoms with Crippen molar-refractivity contribution in [2.45, 2.75) is 9.79 Å². The molecule has 2 aromatic carbocycles. The van der Waals surface area contributed by atoms with E-state index in [2.05, 4.69) is 36.6 Å². The zero-order valence-corrected chi connectivity index (χ0v) is 28.7. The third-order valence-electron chi connectivity index (χ3n) is 6.69. The highest BCUT2D eigenvalue weighted by atomic mass is 35.5. The molecule has 238 valence electrons. The van der Waals surface area contributed by atoms with Crippen molar-refractivity contribution in [3.63, 3.8) is 0 Å². The van der Waals surface area contributed by atoms with Crippen molar-refractivity contribution in [2.75, 3.05) is 51.5 Å². The first kappa shape index (κ1) is 35.4. The summed E-state index contributed by atoms with van der Waals surface area (Å²) in [4.78, 5) is 19.7. The number of hydrogen-bond donors (Lipinski definition) is 2. The zero-order chi connectivity index (χ0) is 30.5. The average molecular weight is 690 g/mol. The van der Waals surface area contributed by atoms with Crippen molar-refractivity contribution >= 4 is 70.3 Å². The lowest BCUT2D eigenvalue weighted by Crippen LogP contribution is -1.96. The number of fused-ring (bicyclic) bond motifs is 2. The summed E-state index contributed by atoms with van der Waals surface area (Å²) >= 11 is 1.69. The van der Waals surface area contributed by atoms with Crippen LogP contribution >= 0.6 is 36.6 Å². The van der Waals surface area contributed by atoms with Gasteiger partial charge in [-0.1, -0.05) is 0 Å². The maximum atomic E-state index is 11.6. The second kappa shape index (κ2) is 15.8. The number of thioether (sulfide) groups is 1. The van der Waals surface area contributed by atoms with Crippen LogP contribution in [-0.2, 0) is 10.8 Å². The number of halogens is 2. The largest absolute Gasteiger partial charge is 0.496 e. The Morgan fingerprint density at radius 1 is 0.778 bits per heavy atom. The Kier molecular flexibility index (Phi) is 12.4. The van der Waals surface area contributed by atoms with Crippen LogP contribution in [0.4, 0.5) is 11.6 Å². The Labute approximate surface area is 280 Å². The highest BCUT2D eigenvalue weighted by Gasteiger charge is 2.15. The van der Waals surface area contributed by atoms with Crippen LogP contribution in [0.25, 0.3) is 33.8 Å². The number of aromatic nitrogens is 6. The molecule has 15 heteroatoms. The summed E-state index contributed by atoms with van der Waals surface area (Å²) in [6, 6.07) is 11.6. The van der Waals surface area contributed by atoms with Crippen LogP contribution in [0.5, 0.6) is 11.5 Å². The number of hydrogen-bond acceptors (Lipinski definition) is 10. The molecule has 1 unspecified atom stereocenters. The Balaban J connectivity index is 0.000000235. The summed E-state index contributed by atoms with van der Waals surface area (Å²) in [5.74, 6) is 2.93. The SMILES string of the molecule is CNc1nccn2cc(-c3ccc(S(C)=O)cc3OC)nc12.CNc1nccn2cc(-c3ccc(SC)cc3OC)nc12.Cl.Cl. The minimum atomic E-state index is -1.05. The second-order valence-corrected chi connectivity index (χ2v) is 11.4. The van der Waals surface area contributed by atoms with E-state index in [4.69, 9.17) is 9.47 Å². The summed E-state index contributed by atoms with van der Waals surface area (Å²) in [6.07, 6.45) is 14.8. The zero-order valence-electron chi connectivity index (χ0n) is 25.5. The van der Waals surface area contributed by atoms with Gasteiger partial charge in [0.25, 0.3) is 0 Å². The van der Waals surface area contributed by atoms with Gasteiger partial charge in [-0.2, -0.15) is 0 Å². The van der Waals surface area contributed by atoms with E-state index >= 15 is 0 Å². The van der Waals surface area contributed by atoms with Gasteiger partial charge in [0.2, 0.25) is 0 Å². The quantitative estimate of drug-likeness (QED) is 0.179. The summed E-state index contributed by atoms with van der Waals surface area (Å²) in [7, 11) is 5.87. The van der Waals surface area contributed by atoms with Crippen LogP contribution in [-0.4, -0.2) is 73.8 Å². The van der Waals surface area contributed by atoms with Gasteiger partial charge in [0.1, 0.15) is 11.5 Å².